The van der Waals surface area contributed by atoms with Crippen LogP contribution in [0.5, 0.6) is 0 Å². The Morgan fingerprint density at radius 2 is 2.29 bits per heavy atom. The second kappa shape index (κ2) is 4.52. The van der Waals surface area contributed by atoms with Gasteiger partial charge in [-0.2, -0.15) is 0 Å². The van der Waals surface area contributed by atoms with Crippen molar-refractivity contribution in [2.75, 3.05) is 14.1 Å². The molecule has 1 rings (SSSR count). The molecule has 0 saturated carbocycles. The number of hydrogen-bond acceptors (Lipinski definition) is 4. The Bertz CT molecular complexity index is 374. The minimum atomic E-state index is -0.492. The number of carbonyl (C=O) groups excluding carboxylic acids is 1. The zero-order chi connectivity index (χ0) is 10.7. The maximum absolute atomic E-state index is 11.0. The maximum atomic E-state index is 11.0. The summed E-state index contributed by atoms with van der Waals surface area (Å²) in [6.07, 6.45) is 0. The van der Waals surface area contributed by atoms with Crippen molar-refractivity contribution in [3.63, 3.8) is 0 Å². The second-order valence-corrected chi connectivity index (χ2v) is 4.40. The molecule has 1 amide bonds. The van der Waals surface area contributed by atoms with Crippen LogP contribution in [0.4, 0.5) is 5.69 Å². The van der Waals surface area contributed by atoms with Gasteiger partial charge in [-0.1, -0.05) is 5.22 Å². The Morgan fingerprint density at radius 3 is 2.79 bits per heavy atom. The van der Waals surface area contributed by atoms with E-state index in [1.54, 1.807) is 19.5 Å². The molecule has 0 aliphatic rings. The molecule has 1 aromatic rings. The molecule has 0 spiro atoms. The van der Waals surface area contributed by atoms with Crippen molar-refractivity contribution >= 4 is 38.9 Å². The smallest absolute Gasteiger partial charge is 0.261 e. The van der Waals surface area contributed by atoms with E-state index in [2.05, 4.69) is 26.3 Å². The van der Waals surface area contributed by atoms with E-state index in [-0.39, 0.29) is 0 Å². The predicted octanol–water partition coefficient (Wildman–Crippen LogP) is 2.17. The van der Waals surface area contributed by atoms with Crippen molar-refractivity contribution in [3.05, 3.63) is 14.7 Å². The lowest BCUT2D eigenvalue weighted by molar-refractivity contribution is 0.100. The Labute approximate surface area is 93.7 Å². The summed E-state index contributed by atoms with van der Waals surface area (Å²) in [6, 6.07) is 0. The Balaban J connectivity index is 3.05. The lowest BCUT2D eigenvalue weighted by atomic mass is 10.4. The first-order valence-corrected chi connectivity index (χ1v) is 5.35. The molecule has 0 radical (unpaired) electrons. The summed E-state index contributed by atoms with van der Waals surface area (Å²) in [5.41, 5.74) is 5.65. The van der Waals surface area contributed by atoms with Crippen molar-refractivity contribution in [1.82, 2.24) is 5.01 Å². The third-order valence-corrected chi connectivity index (χ3v) is 3.16. The Morgan fingerprint density at radius 1 is 1.64 bits per heavy atom. The molecular formula is C7H9BrN4OS. The van der Waals surface area contributed by atoms with Crippen LogP contribution >= 0.6 is 27.3 Å². The van der Waals surface area contributed by atoms with Crippen LogP contribution in [0.1, 0.15) is 9.67 Å². The molecule has 5 nitrogen and oxygen atoms in total. The molecule has 0 aliphatic heterocycles. The molecule has 76 valence electrons. The van der Waals surface area contributed by atoms with Crippen LogP contribution < -0.4 is 5.73 Å². The summed E-state index contributed by atoms with van der Waals surface area (Å²) in [4.78, 5) is 11.4. The van der Waals surface area contributed by atoms with Gasteiger partial charge in [-0.15, -0.1) is 16.5 Å². The van der Waals surface area contributed by atoms with E-state index in [4.69, 9.17) is 5.73 Å². The number of thiophene rings is 1. The summed E-state index contributed by atoms with van der Waals surface area (Å²) >= 11 is 4.51. The standard InChI is InChI=1S/C7H9BrN4OS/c1-12(2)11-10-5-4(8)3-14-6(5)7(9)13/h3H,1-2H3,(H2,9,13). The fraction of sp³-hybridized carbons (Fsp3) is 0.286. The molecule has 7 heteroatoms. The summed E-state index contributed by atoms with van der Waals surface area (Å²) < 4.78 is 0.724. The molecule has 0 bridgehead atoms. The summed E-state index contributed by atoms with van der Waals surface area (Å²) in [5.74, 6) is -0.492. The van der Waals surface area contributed by atoms with Gasteiger partial charge in [0.15, 0.2) is 0 Å². The fourth-order valence-corrected chi connectivity index (χ4v) is 2.13. The zero-order valence-electron chi connectivity index (χ0n) is 7.69. The molecule has 1 heterocycles. The number of primary amides is 1. The highest BCUT2D eigenvalue weighted by atomic mass is 79.9. The first-order valence-electron chi connectivity index (χ1n) is 3.68. The molecule has 0 atom stereocenters. The van der Waals surface area contributed by atoms with Gasteiger partial charge >= 0.3 is 0 Å². The van der Waals surface area contributed by atoms with Gasteiger partial charge in [0.25, 0.3) is 5.91 Å². The summed E-state index contributed by atoms with van der Waals surface area (Å²) in [6.45, 7) is 0. The zero-order valence-corrected chi connectivity index (χ0v) is 10.1. The monoisotopic (exact) mass is 276 g/mol. The number of nitrogens with two attached hydrogens (primary N) is 1. The van der Waals surface area contributed by atoms with Gasteiger partial charge in [0.2, 0.25) is 0 Å². The van der Waals surface area contributed by atoms with Gasteiger partial charge in [0.1, 0.15) is 10.6 Å². The highest BCUT2D eigenvalue weighted by molar-refractivity contribution is 9.10. The molecule has 0 aliphatic carbocycles. The van der Waals surface area contributed by atoms with E-state index < -0.39 is 5.91 Å². The van der Waals surface area contributed by atoms with Crippen molar-refractivity contribution < 1.29 is 4.79 Å². The largest absolute Gasteiger partial charge is 0.365 e. The van der Waals surface area contributed by atoms with Gasteiger partial charge in [-0.25, -0.2) is 0 Å². The maximum Gasteiger partial charge on any atom is 0.261 e. The third-order valence-electron chi connectivity index (χ3n) is 1.27. The van der Waals surface area contributed by atoms with Crippen molar-refractivity contribution in [2.45, 2.75) is 0 Å². The molecule has 0 fully saturated rings. The van der Waals surface area contributed by atoms with E-state index in [1.807, 2.05) is 0 Å². The molecule has 0 aromatic carbocycles. The van der Waals surface area contributed by atoms with Crippen LogP contribution in [0.3, 0.4) is 0 Å². The number of rotatable bonds is 3. The van der Waals surface area contributed by atoms with Crippen LogP contribution in [0.2, 0.25) is 0 Å². The third kappa shape index (κ3) is 2.52. The van der Waals surface area contributed by atoms with Gasteiger partial charge in [-0.3, -0.25) is 9.80 Å². The lowest BCUT2D eigenvalue weighted by Gasteiger charge is -2.00. The molecule has 0 unspecified atom stereocenters. The Hall–Kier alpha value is -0.950. The van der Waals surface area contributed by atoms with Crippen LogP contribution in [0.15, 0.2) is 20.2 Å². The lowest BCUT2D eigenvalue weighted by Crippen LogP contribution is -2.08. The van der Waals surface area contributed by atoms with Crippen LogP contribution in [-0.2, 0) is 0 Å². The first kappa shape index (κ1) is 11.1. The van der Waals surface area contributed by atoms with Crippen LogP contribution in [0.25, 0.3) is 0 Å². The highest BCUT2D eigenvalue weighted by Gasteiger charge is 2.14. The van der Waals surface area contributed by atoms with Gasteiger partial charge < -0.3 is 5.73 Å². The number of carbonyl (C=O) groups is 1. The molecule has 14 heavy (non-hydrogen) atoms. The minimum absolute atomic E-state index is 0.405. The molecular weight excluding hydrogens is 268 g/mol. The normalized spacial score (nSPS) is 10.8. The second-order valence-electron chi connectivity index (χ2n) is 2.66. The average molecular weight is 277 g/mol. The quantitative estimate of drug-likeness (QED) is 0.679. The molecule has 0 saturated heterocycles. The first-order chi connectivity index (χ1) is 6.52. The number of amides is 1. The highest BCUT2D eigenvalue weighted by Crippen LogP contribution is 2.35. The summed E-state index contributed by atoms with van der Waals surface area (Å²) in [5, 5.41) is 11.0. The molecule has 2 N–H and O–H groups in total. The van der Waals surface area contributed by atoms with Gasteiger partial charge in [-0.05, 0) is 15.9 Å². The number of nitrogens with zero attached hydrogens (tertiary/aromatic N) is 3. The predicted molar refractivity (Wildman–Crippen MR) is 58.7 cm³/mol. The average Bonchev–Trinajstić information content (AvgIpc) is 2.43. The molecule has 1 aromatic heterocycles. The van der Waals surface area contributed by atoms with Gasteiger partial charge in [0, 0.05) is 19.5 Å². The van der Waals surface area contributed by atoms with Crippen LogP contribution in [-0.4, -0.2) is 25.0 Å². The van der Waals surface area contributed by atoms with E-state index in [0.717, 1.165) is 4.47 Å². The van der Waals surface area contributed by atoms with E-state index in [1.165, 1.54) is 16.3 Å². The van der Waals surface area contributed by atoms with Crippen molar-refractivity contribution in [3.8, 4) is 0 Å². The van der Waals surface area contributed by atoms with E-state index in [9.17, 15) is 4.79 Å². The number of hydrogen-bond donors (Lipinski definition) is 1. The fourth-order valence-electron chi connectivity index (χ4n) is 0.733. The van der Waals surface area contributed by atoms with E-state index >= 15 is 0 Å². The topological polar surface area (TPSA) is 71.1 Å². The number of halogens is 1. The van der Waals surface area contributed by atoms with Crippen molar-refractivity contribution in [2.24, 2.45) is 16.1 Å². The van der Waals surface area contributed by atoms with Gasteiger partial charge in [0.05, 0.1) is 4.47 Å². The van der Waals surface area contributed by atoms with E-state index in [0.29, 0.717) is 10.6 Å². The SMILES string of the molecule is CN(C)N=Nc1c(Br)csc1C(N)=O. The minimum Gasteiger partial charge on any atom is -0.365 e. The Kier molecular flexibility index (Phi) is 3.59. The van der Waals surface area contributed by atoms with Crippen molar-refractivity contribution in [1.29, 1.82) is 0 Å². The van der Waals surface area contributed by atoms with Crippen LogP contribution in [0, 0.1) is 0 Å². The summed E-state index contributed by atoms with van der Waals surface area (Å²) in [7, 11) is 3.49.